The minimum Gasteiger partial charge on any atom is -0.465 e. The average molecular weight is 206 g/mol. The van der Waals surface area contributed by atoms with Crippen molar-refractivity contribution < 1.29 is 14.8 Å². The molecule has 76 valence electrons. The van der Waals surface area contributed by atoms with Gasteiger partial charge in [-0.3, -0.25) is 15.4 Å². The van der Waals surface area contributed by atoms with Crippen molar-refractivity contribution >= 4 is 17.5 Å². The summed E-state index contributed by atoms with van der Waals surface area (Å²) in [5.74, 6) is 2.22. The van der Waals surface area contributed by atoms with Gasteiger partial charge in [0.15, 0.2) is 0 Å². The second-order valence-corrected chi connectivity index (χ2v) is 2.56. The van der Waals surface area contributed by atoms with E-state index in [1.54, 1.807) is 0 Å². The van der Waals surface area contributed by atoms with Gasteiger partial charge in [-0.25, -0.2) is 4.79 Å². The lowest BCUT2D eigenvalue weighted by Crippen LogP contribution is -2.09. The second-order valence-electron chi connectivity index (χ2n) is 2.56. The Balaban J connectivity index is 3.22. The maximum Gasteiger partial charge on any atom is 0.409 e. The third kappa shape index (κ3) is 2.45. The van der Waals surface area contributed by atoms with E-state index in [-0.39, 0.29) is 11.4 Å². The first-order chi connectivity index (χ1) is 7.04. The quantitative estimate of drug-likeness (QED) is 0.437. The number of terminal acetylenes is 1. The minimum absolute atomic E-state index is 0.105. The summed E-state index contributed by atoms with van der Waals surface area (Å²) in [7, 11) is 0. The Bertz CT molecular complexity index is 462. The second kappa shape index (κ2) is 4.11. The highest BCUT2D eigenvalue weighted by molar-refractivity contribution is 5.86. The van der Waals surface area contributed by atoms with Crippen LogP contribution in [0, 0.1) is 22.5 Å². The summed E-state index contributed by atoms with van der Waals surface area (Å²) in [6.07, 6.45) is 3.69. The molecule has 6 nitrogen and oxygen atoms in total. The van der Waals surface area contributed by atoms with Crippen molar-refractivity contribution in [2.24, 2.45) is 0 Å². The smallest absolute Gasteiger partial charge is 0.409 e. The third-order valence-corrected chi connectivity index (χ3v) is 1.60. The predicted molar refractivity (Wildman–Crippen MR) is 52.7 cm³/mol. The van der Waals surface area contributed by atoms with Gasteiger partial charge in [-0.2, -0.15) is 0 Å². The molecule has 0 aliphatic carbocycles. The van der Waals surface area contributed by atoms with Crippen LogP contribution in [0.4, 0.5) is 16.2 Å². The first-order valence-electron chi connectivity index (χ1n) is 3.79. The van der Waals surface area contributed by atoms with E-state index in [2.05, 4.69) is 5.92 Å². The first kappa shape index (κ1) is 10.5. The zero-order chi connectivity index (χ0) is 11.4. The van der Waals surface area contributed by atoms with Crippen LogP contribution < -0.4 is 5.32 Å². The maximum atomic E-state index is 10.6. The van der Waals surface area contributed by atoms with E-state index >= 15 is 0 Å². The SMILES string of the molecule is C#Cc1ccc(NC(=O)O)c([N+](=O)[O-])c1. The normalized spacial score (nSPS) is 9.00. The molecule has 0 radical (unpaired) electrons. The van der Waals surface area contributed by atoms with Crippen LogP contribution in [0.3, 0.4) is 0 Å². The average Bonchev–Trinajstić information content (AvgIpc) is 2.17. The summed E-state index contributed by atoms with van der Waals surface area (Å²) in [4.78, 5) is 20.2. The Kier molecular flexibility index (Phi) is 2.88. The van der Waals surface area contributed by atoms with Crippen molar-refractivity contribution in [1.82, 2.24) is 0 Å². The number of hydrogen-bond donors (Lipinski definition) is 2. The van der Waals surface area contributed by atoms with Gasteiger partial charge < -0.3 is 5.11 Å². The lowest BCUT2D eigenvalue weighted by Gasteiger charge is -2.02. The van der Waals surface area contributed by atoms with Crippen LogP contribution in [-0.2, 0) is 0 Å². The molecular weight excluding hydrogens is 200 g/mol. The largest absolute Gasteiger partial charge is 0.465 e. The van der Waals surface area contributed by atoms with Crippen molar-refractivity contribution in [3.05, 3.63) is 33.9 Å². The van der Waals surface area contributed by atoms with Crippen molar-refractivity contribution in [3.8, 4) is 12.3 Å². The van der Waals surface area contributed by atoms with E-state index in [0.29, 0.717) is 5.56 Å². The van der Waals surface area contributed by atoms with E-state index < -0.39 is 11.0 Å². The summed E-state index contributed by atoms with van der Waals surface area (Å²) in [5, 5.41) is 20.9. The maximum absolute atomic E-state index is 10.6. The van der Waals surface area contributed by atoms with Crippen LogP contribution in [0.15, 0.2) is 18.2 Å². The third-order valence-electron chi connectivity index (χ3n) is 1.60. The molecular formula is C9H6N2O4. The summed E-state index contributed by atoms with van der Waals surface area (Å²) in [6.45, 7) is 0. The van der Waals surface area contributed by atoms with Gasteiger partial charge in [0.25, 0.3) is 5.69 Å². The fraction of sp³-hybridized carbons (Fsp3) is 0. The number of carboxylic acid groups (broad SMARTS) is 1. The molecule has 0 spiro atoms. The molecule has 0 fully saturated rings. The van der Waals surface area contributed by atoms with Gasteiger partial charge >= 0.3 is 6.09 Å². The van der Waals surface area contributed by atoms with E-state index in [0.717, 1.165) is 6.07 Å². The van der Waals surface area contributed by atoms with Gasteiger partial charge in [-0.05, 0) is 12.1 Å². The fourth-order valence-corrected chi connectivity index (χ4v) is 0.993. The molecule has 2 N–H and O–H groups in total. The van der Waals surface area contributed by atoms with Crippen LogP contribution in [0.1, 0.15) is 5.56 Å². The molecule has 0 aliphatic rings. The standard InChI is InChI=1S/C9H6N2O4/c1-2-6-3-4-7(10-9(12)13)8(5-6)11(14)15/h1,3-5,10H,(H,12,13). The molecule has 1 aromatic rings. The van der Waals surface area contributed by atoms with Crippen molar-refractivity contribution in [2.45, 2.75) is 0 Å². The van der Waals surface area contributed by atoms with Gasteiger partial charge in [-0.15, -0.1) is 6.42 Å². The molecule has 0 aliphatic heterocycles. The van der Waals surface area contributed by atoms with Crippen LogP contribution >= 0.6 is 0 Å². The van der Waals surface area contributed by atoms with E-state index in [1.165, 1.54) is 12.1 Å². The Labute approximate surface area is 84.7 Å². The first-order valence-corrected chi connectivity index (χ1v) is 3.79. The number of nitro benzene ring substituents is 1. The van der Waals surface area contributed by atoms with E-state index in [9.17, 15) is 14.9 Å². The van der Waals surface area contributed by atoms with Crippen molar-refractivity contribution in [2.75, 3.05) is 5.32 Å². The molecule has 1 aromatic carbocycles. The molecule has 0 bridgehead atoms. The van der Waals surface area contributed by atoms with E-state index in [4.69, 9.17) is 11.5 Å². The fourth-order valence-electron chi connectivity index (χ4n) is 0.993. The van der Waals surface area contributed by atoms with E-state index in [1.807, 2.05) is 5.32 Å². The van der Waals surface area contributed by atoms with Gasteiger partial charge in [-0.1, -0.05) is 5.92 Å². The number of anilines is 1. The lowest BCUT2D eigenvalue weighted by molar-refractivity contribution is -0.383. The predicted octanol–water partition coefficient (Wildman–Crippen LogP) is 1.67. The van der Waals surface area contributed by atoms with Gasteiger partial charge in [0.05, 0.1) is 4.92 Å². The number of nitrogens with zero attached hydrogens (tertiary/aromatic N) is 1. The van der Waals surface area contributed by atoms with Crippen molar-refractivity contribution in [1.29, 1.82) is 0 Å². The molecule has 15 heavy (non-hydrogen) atoms. The highest BCUT2D eigenvalue weighted by Crippen LogP contribution is 2.25. The van der Waals surface area contributed by atoms with Crippen LogP contribution in [0.5, 0.6) is 0 Å². The minimum atomic E-state index is -1.37. The zero-order valence-corrected chi connectivity index (χ0v) is 7.43. The summed E-state index contributed by atoms with van der Waals surface area (Å²) < 4.78 is 0. The number of nitrogens with one attached hydrogen (secondary N) is 1. The molecule has 0 atom stereocenters. The molecule has 0 saturated carbocycles. The summed E-state index contributed by atoms with van der Waals surface area (Å²) in [5.41, 5.74) is -0.156. The summed E-state index contributed by atoms with van der Waals surface area (Å²) >= 11 is 0. The van der Waals surface area contributed by atoms with Crippen molar-refractivity contribution in [3.63, 3.8) is 0 Å². The Hall–Kier alpha value is -2.55. The number of rotatable bonds is 2. The molecule has 1 rings (SSSR count). The highest BCUT2D eigenvalue weighted by atomic mass is 16.6. The number of nitro groups is 1. The van der Waals surface area contributed by atoms with Gasteiger partial charge in [0.2, 0.25) is 0 Å². The molecule has 0 aromatic heterocycles. The van der Waals surface area contributed by atoms with Crippen LogP contribution in [0.25, 0.3) is 0 Å². The number of benzene rings is 1. The number of hydrogen-bond acceptors (Lipinski definition) is 3. The molecule has 6 heteroatoms. The van der Waals surface area contributed by atoms with Gasteiger partial charge in [0, 0.05) is 11.6 Å². The number of amides is 1. The number of carbonyl (C=O) groups is 1. The molecule has 1 amide bonds. The molecule has 0 heterocycles. The van der Waals surface area contributed by atoms with Crippen LogP contribution in [-0.4, -0.2) is 16.1 Å². The van der Waals surface area contributed by atoms with Gasteiger partial charge in [0.1, 0.15) is 5.69 Å². The zero-order valence-electron chi connectivity index (χ0n) is 7.43. The Morgan fingerprint density at radius 1 is 1.60 bits per heavy atom. The molecule has 0 unspecified atom stereocenters. The summed E-state index contributed by atoms with van der Waals surface area (Å²) in [6, 6.07) is 3.80. The molecule has 0 saturated heterocycles. The Morgan fingerprint density at radius 3 is 2.73 bits per heavy atom. The lowest BCUT2D eigenvalue weighted by atomic mass is 10.2. The topological polar surface area (TPSA) is 92.5 Å². The monoisotopic (exact) mass is 206 g/mol. The van der Waals surface area contributed by atoms with Crippen LogP contribution in [0.2, 0.25) is 0 Å². The Morgan fingerprint density at radius 2 is 2.27 bits per heavy atom. The highest BCUT2D eigenvalue weighted by Gasteiger charge is 2.15.